The van der Waals surface area contributed by atoms with Gasteiger partial charge in [0.2, 0.25) is 5.91 Å². The van der Waals surface area contributed by atoms with Crippen LogP contribution in [0.4, 0.5) is 0 Å². The minimum absolute atomic E-state index is 0. The molecule has 3 nitrogen and oxygen atoms in total. The Kier molecular flexibility index (Phi) is 8.04. The number of nitrogens with zero attached hydrogens (tertiary/aromatic N) is 1. The fraction of sp³-hybridized carbons (Fsp3) is 0.941. The molecule has 2 rings (SSSR count). The molecule has 0 aromatic heterocycles. The van der Waals surface area contributed by atoms with Crippen LogP contribution in [0.3, 0.4) is 0 Å². The third kappa shape index (κ3) is 5.45. The Morgan fingerprint density at radius 2 is 2.05 bits per heavy atom. The molecule has 1 saturated carbocycles. The second kappa shape index (κ2) is 8.99. The zero-order chi connectivity index (χ0) is 14.5. The summed E-state index contributed by atoms with van der Waals surface area (Å²) in [6.07, 6.45) is 8.29. The van der Waals surface area contributed by atoms with Gasteiger partial charge < -0.3 is 10.2 Å². The molecule has 1 amide bonds. The zero-order valence-electron chi connectivity index (χ0n) is 13.9. The molecule has 0 bridgehead atoms. The Balaban J connectivity index is 0.00000220. The number of halogens is 1. The van der Waals surface area contributed by atoms with E-state index in [0.717, 1.165) is 25.4 Å². The molecule has 21 heavy (non-hydrogen) atoms. The average molecular weight is 317 g/mol. The molecular formula is C17H33ClN2O. The topological polar surface area (TPSA) is 32.3 Å². The molecule has 1 aliphatic heterocycles. The van der Waals surface area contributed by atoms with Crippen LogP contribution in [0.2, 0.25) is 0 Å². The van der Waals surface area contributed by atoms with E-state index in [9.17, 15) is 4.79 Å². The first-order valence-corrected chi connectivity index (χ1v) is 8.54. The maximum absolute atomic E-state index is 12.5. The lowest BCUT2D eigenvalue weighted by atomic mass is 9.84. The van der Waals surface area contributed by atoms with Gasteiger partial charge in [-0.1, -0.05) is 26.7 Å². The van der Waals surface area contributed by atoms with E-state index in [1.165, 1.54) is 38.5 Å². The predicted octanol–water partition coefficient (Wildman–Crippen LogP) is 3.47. The third-order valence-corrected chi connectivity index (χ3v) is 5.49. The highest BCUT2D eigenvalue weighted by Gasteiger charge is 2.28. The number of piperidine rings is 1. The number of carbonyl (C=O) groups is 1. The van der Waals surface area contributed by atoms with Gasteiger partial charge in [0, 0.05) is 19.5 Å². The van der Waals surface area contributed by atoms with Gasteiger partial charge in [0.15, 0.2) is 0 Å². The Labute approximate surface area is 136 Å². The smallest absolute Gasteiger partial charge is 0.222 e. The van der Waals surface area contributed by atoms with Gasteiger partial charge in [0.05, 0.1) is 0 Å². The van der Waals surface area contributed by atoms with Crippen molar-refractivity contribution in [3.05, 3.63) is 0 Å². The van der Waals surface area contributed by atoms with Crippen LogP contribution in [0.5, 0.6) is 0 Å². The normalized spacial score (nSPS) is 31.1. The molecule has 0 aromatic rings. The van der Waals surface area contributed by atoms with Gasteiger partial charge >= 0.3 is 0 Å². The molecule has 0 radical (unpaired) electrons. The van der Waals surface area contributed by atoms with Crippen LogP contribution >= 0.6 is 12.4 Å². The van der Waals surface area contributed by atoms with Crippen LogP contribution in [0.25, 0.3) is 0 Å². The molecule has 1 heterocycles. The summed E-state index contributed by atoms with van der Waals surface area (Å²) in [4.78, 5) is 14.6. The van der Waals surface area contributed by atoms with E-state index >= 15 is 0 Å². The van der Waals surface area contributed by atoms with Crippen molar-refractivity contribution in [1.82, 2.24) is 10.2 Å². The lowest BCUT2D eigenvalue weighted by Crippen LogP contribution is -2.41. The van der Waals surface area contributed by atoms with Gasteiger partial charge in [0.25, 0.3) is 0 Å². The van der Waals surface area contributed by atoms with Crippen molar-refractivity contribution in [1.29, 1.82) is 0 Å². The van der Waals surface area contributed by atoms with Gasteiger partial charge in [-0.05, 0) is 56.5 Å². The quantitative estimate of drug-likeness (QED) is 0.861. The Hall–Kier alpha value is -0.280. The average Bonchev–Trinajstić information content (AvgIpc) is 2.47. The maximum Gasteiger partial charge on any atom is 0.222 e. The summed E-state index contributed by atoms with van der Waals surface area (Å²) in [7, 11) is 2.02. The Morgan fingerprint density at radius 3 is 2.67 bits per heavy atom. The van der Waals surface area contributed by atoms with Gasteiger partial charge in [-0.3, -0.25) is 4.79 Å². The van der Waals surface area contributed by atoms with Gasteiger partial charge in [0.1, 0.15) is 0 Å². The molecule has 2 aliphatic rings. The molecule has 0 spiro atoms. The van der Waals surface area contributed by atoms with E-state index in [0.29, 0.717) is 23.8 Å². The van der Waals surface area contributed by atoms with E-state index in [1.807, 2.05) is 7.05 Å². The zero-order valence-corrected chi connectivity index (χ0v) is 14.8. The second-order valence-electron chi connectivity index (χ2n) is 7.22. The lowest BCUT2D eigenvalue weighted by Gasteiger charge is -2.35. The summed E-state index contributed by atoms with van der Waals surface area (Å²) in [6.45, 7) is 6.82. The standard InChI is InChI=1S/C17H32N2O.ClH/c1-13-6-4-8-16(10-13)19(3)17(20)11-14(2)15-7-5-9-18-12-15;/h13-16,18H,4-12H2,1-3H3;1H. The summed E-state index contributed by atoms with van der Waals surface area (Å²) >= 11 is 0. The molecule has 0 aromatic carbocycles. The van der Waals surface area contributed by atoms with E-state index in [-0.39, 0.29) is 12.4 Å². The Bertz CT molecular complexity index is 318. The fourth-order valence-corrected chi connectivity index (χ4v) is 3.91. The van der Waals surface area contributed by atoms with Crippen LogP contribution in [0.15, 0.2) is 0 Å². The number of nitrogens with one attached hydrogen (secondary N) is 1. The number of hydrogen-bond donors (Lipinski definition) is 1. The number of amides is 1. The van der Waals surface area contributed by atoms with Crippen molar-refractivity contribution in [2.45, 2.75) is 64.8 Å². The fourth-order valence-electron chi connectivity index (χ4n) is 3.91. The van der Waals surface area contributed by atoms with Gasteiger partial charge in [-0.25, -0.2) is 0 Å². The summed E-state index contributed by atoms with van der Waals surface area (Å²) in [5.41, 5.74) is 0. The summed E-state index contributed by atoms with van der Waals surface area (Å²) < 4.78 is 0. The van der Waals surface area contributed by atoms with Crippen LogP contribution in [-0.4, -0.2) is 37.0 Å². The molecule has 1 N–H and O–H groups in total. The predicted molar refractivity (Wildman–Crippen MR) is 90.8 cm³/mol. The van der Waals surface area contributed by atoms with Crippen molar-refractivity contribution in [3.8, 4) is 0 Å². The second-order valence-corrected chi connectivity index (χ2v) is 7.22. The van der Waals surface area contributed by atoms with E-state index in [2.05, 4.69) is 24.1 Å². The molecule has 1 aliphatic carbocycles. The first-order valence-electron chi connectivity index (χ1n) is 8.54. The summed E-state index contributed by atoms with van der Waals surface area (Å²) in [5.74, 6) is 2.34. The van der Waals surface area contributed by atoms with E-state index < -0.39 is 0 Å². The first-order chi connectivity index (χ1) is 9.58. The van der Waals surface area contributed by atoms with Crippen LogP contribution in [0.1, 0.15) is 58.8 Å². The number of hydrogen-bond acceptors (Lipinski definition) is 2. The largest absolute Gasteiger partial charge is 0.343 e. The first kappa shape index (κ1) is 18.8. The highest BCUT2D eigenvalue weighted by atomic mass is 35.5. The highest BCUT2D eigenvalue weighted by Crippen LogP contribution is 2.28. The summed E-state index contributed by atoms with van der Waals surface area (Å²) in [5, 5.41) is 3.46. The minimum atomic E-state index is 0. The van der Waals surface area contributed by atoms with Gasteiger partial charge in [-0.15, -0.1) is 12.4 Å². The van der Waals surface area contributed by atoms with Crippen molar-refractivity contribution < 1.29 is 4.79 Å². The molecule has 4 unspecified atom stereocenters. The molecule has 2 fully saturated rings. The number of carbonyl (C=O) groups excluding carboxylic acids is 1. The van der Waals surface area contributed by atoms with Gasteiger partial charge in [-0.2, -0.15) is 0 Å². The molecule has 1 saturated heterocycles. The van der Waals surface area contributed by atoms with Crippen LogP contribution in [-0.2, 0) is 4.79 Å². The molecule has 4 heteroatoms. The van der Waals surface area contributed by atoms with Crippen molar-refractivity contribution in [3.63, 3.8) is 0 Å². The molecule has 4 atom stereocenters. The lowest BCUT2D eigenvalue weighted by molar-refractivity contribution is -0.134. The van der Waals surface area contributed by atoms with Crippen molar-refractivity contribution >= 4 is 18.3 Å². The number of rotatable bonds is 4. The molecule has 124 valence electrons. The van der Waals surface area contributed by atoms with Crippen LogP contribution < -0.4 is 5.32 Å². The van der Waals surface area contributed by atoms with E-state index in [4.69, 9.17) is 0 Å². The summed E-state index contributed by atoms with van der Waals surface area (Å²) in [6, 6.07) is 0.489. The minimum Gasteiger partial charge on any atom is -0.343 e. The molecular weight excluding hydrogens is 284 g/mol. The van der Waals surface area contributed by atoms with Crippen molar-refractivity contribution in [2.75, 3.05) is 20.1 Å². The third-order valence-electron chi connectivity index (χ3n) is 5.49. The van der Waals surface area contributed by atoms with Crippen molar-refractivity contribution in [2.24, 2.45) is 17.8 Å². The maximum atomic E-state index is 12.5. The van der Waals surface area contributed by atoms with Crippen LogP contribution in [0, 0.1) is 17.8 Å². The Morgan fingerprint density at radius 1 is 1.29 bits per heavy atom. The SMILES string of the molecule is CC1CCCC(N(C)C(=O)CC(C)C2CCCNC2)C1.Cl. The highest BCUT2D eigenvalue weighted by molar-refractivity contribution is 5.85. The monoisotopic (exact) mass is 316 g/mol. The van der Waals surface area contributed by atoms with E-state index in [1.54, 1.807) is 0 Å².